The van der Waals surface area contributed by atoms with Crippen molar-refractivity contribution in [3.63, 3.8) is 0 Å². The van der Waals surface area contributed by atoms with E-state index in [1.54, 1.807) is 26.0 Å². The molecule has 24 heavy (non-hydrogen) atoms. The summed E-state index contributed by atoms with van der Waals surface area (Å²) in [4.78, 5) is 29.0. The van der Waals surface area contributed by atoms with Crippen molar-refractivity contribution in [3.05, 3.63) is 39.9 Å². The fourth-order valence-electron chi connectivity index (χ4n) is 2.00. The van der Waals surface area contributed by atoms with Crippen LogP contribution in [-0.4, -0.2) is 29.0 Å². The zero-order valence-electron chi connectivity index (χ0n) is 13.9. The van der Waals surface area contributed by atoms with Gasteiger partial charge in [0.1, 0.15) is 9.88 Å². The van der Waals surface area contributed by atoms with Crippen LogP contribution in [0.3, 0.4) is 0 Å². The highest BCUT2D eigenvalue weighted by Crippen LogP contribution is 2.30. The monoisotopic (exact) mass is 366 g/mol. The molecule has 1 amide bonds. The predicted molar refractivity (Wildman–Crippen MR) is 95.5 cm³/mol. The van der Waals surface area contributed by atoms with Crippen LogP contribution < -0.4 is 5.32 Å². The number of nitrogens with one attached hydrogen (secondary N) is 1. The van der Waals surface area contributed by atoms with E-state index in [1.807, 2.05) is 26.0 Å². The lowest BCUT2D eigenvalue weighted by Gasteiger charge is -2.14. The number of carbonyl (C=O) groups is 2. The lowest BCUT2D eigenvalue weighted by molar-refractivity contribution is -0.129. The molecule has 2 aromatic rings. The molecule has 0 saturated carbocycles. The maximum atomic E-state index is 12.3. The summed E-state index contributed by atoms with van der Waals surface area (Å²) in [6, 6.07) is 7.24. The average molecular weight is 367 g/mol. The van der Waals surface area contributed by atoms with E-state index in [0.29, 0.717) is 20.6 Å². The number of hydrogen-bond acceptors (Lipinski definition) is 5. The zero-order chi connectivity index (χ0) is 17.9. The Kier molecular flexibility index (Phi) is 5.96. The molecule has 128 valence electrons. The topological polar surface area (TPSA) is 68.3 Å². The van der Waals surface area contributed by atoms with Gasteiger partial charge in [-0.25, -0.2) is 9.78 Å². The lowest BCUT2D eigenvalue weighted by atomic mass is 10.2. The molecule has 1 N–H and O–H groups in total. The van der Waals surface area contributed by atoms with Crippen LogP contribution >= 0.6 is 22.9 Å². The summed E-state index contributed by atoms with van der Waals surface area (Å²) in [6.45, 7) is 6.97. The van der Waals surface area contributed by atoms with Crippen molar-refractivity contribution in [2.75, 3.05) is 0 Å². The molecule has 0 fully saturated rings. The SMILES string of the molecule is Cc1nc(-c2cccc(Cl)c2)sc1C(=O)O[C@H](C)C(=O)NC(C)C. The maximum Gasteiger partial charge on any atom is 0.351 e. The van der Waals surface area contributed by atoms with E-state index >= 15 is 0 Å². The zero-order valence-corrected chi connectivity index (χ0v) is 15.5. The molecule has 0 aliphatic carbocycles. The second-order valence-corrected chi connectivity index (χ2v) is 7.09. The molecule has 1 heterocycles. The molecule has 0 aliphatic rings. The summed E-state index contributed by atoms with van der Waals surface area (Å²) in [5.41, 5.74) is 1.40. The molecule has 0 spiro atoms. The number of thiazole rings is 1. The van der Waals surface area contributed by atoms with Gasteiger partial charge in [0, 0.05) is 16.6 Å². The lowest BCUT2D eigenvalue weighted by Crippen LogP contribution is -2.39. The molecule has 2 rings (SSSR count). The Hall–Kier alpha value is -1.92. The minimum Gasteiger partial charge on any atom is -0.448 e. The quantitative estimate of drug-likeness (QED) is 0.816. The molecule has 0 unspecified atom stereocenters. The van der Waals surface area contributed by atoms with E-state index in [4.69, 9.17) is 16.3 Å². The number of rotatable bonds is 5. The first-order valence-corrected chi connectivity index (χ1v) is 8.72. The van der Waals surface area contributed by atoms with E-state index in [1.165, 1.54) is 11.3 Å². The second-order valence-electron chi connectivity index (χ2n) is 5.65. The molecule has 0 bridgehead atoms. The first kappa shape index (κ1) is 18.4. The fraction of sp³-hybridized carbons (Fsp3) is 0.353. The van der Waals surface area contributed by atoms with Crippen molar-refractivity contribution in [2.45, 2.75) is 39.8 Å². The first-order chi connectivity index (χ1) is 11.3. The Bertz CT molecular complexity index is 758. The number of nitrogens with zero attached hydrogens (tertiary/aromatic N) is 1. The number of aryl methyl sites for hydroxylation is 1. The highest BCUT2D eigenvalue weighted by atomic mass is 35.5. The van der Waals surface area contributed by atoms with Crippen molar-refractivity contribution < 1.29 is 14.3 Å². The number of carbonyl (C=O) groups excluding carboxylic acids is 2. The number of amides is 1. The van der Waals surface area contributed by atoms with Crippen LogP contribution in [-0.2, 0) is 9.53 Å². The second kappa shape index (κ2) is 7.77. The minimum atomic E-state index is -0.865. The van der Waals surface area contributed by atoms with Crippen LogP contribution in [0.5, 0.6) is 0 Å². The van der Waals surface area contributed by atoms with Crippen LogP contribution in [0.1, 0.15) is 36.1 Å². The Morgan fingerprint density at radius 2 is 2.00 bits per heavy atom. The number of ether oxygens (including phenoxy) is 1. The van der Waals surface area contributed by atoms with Gasteiger partial charge in [-0.15, -0.1) is 11.3 Å². The smallest absolute Gasteiger partial charge is 0.351 e. The highest BCUT2D eigenvalue weighted by molar-refractivity contribution is 7.17. The van der Waals surface area contributed by atoms with Gasteiger partial charge >= 0.3 is 5.97 Å². The molecule has 0 radical (unpaired) electrons. The predicted octanol–water partition coefficient (Wildman–Crippen LogP) is 3.84. The third kappa shape index (κ3) is 4.55. The summed E-state index contributed by atoms with van der Waals surface area (Å²) in [5, 5.41) is 3.99. The molecule has 7 heteroatoms. The molecule has 1 aromatic carbocycles. The molecule has 0 saturated heterocycles. The van der Waals surface area contributed by atoms with E-state index in [0.717, 1.165) is 5.56 Å². The molecule has 1 atom stereocenters. The van der Waals surface area contributed by atoms with Gasteiger partial charge in [-0.3, -0.25) is 4.79 Å². The molecular formula is C17H19ClN2O3S. The van der Waals surface area contributed by atoms with Gasteiger partial charge in [0.2, 0.25) is 0 Å². The van der Waals surface area contributed by atoms with Crippen LogP contribution in [0.4, 0.5) is 0 Å². The highest BCUT2D eigenvalue weighted by Gasteiger charge is 2.23. The number of halogens is 1. The van der Waals surface area contributed by atoms with E-state index in [2.05, 4.69) is 10.3 Å². The molecular weight excluding hydrogens is 348 g/mol. The Balaban J connectivity index is 2.15. The van der Waals surface area contributed by atoms with Crippen molar-refractivity contribution in [1.29, 1.82) is 0 Å². The molecule has 1 aromatic heterocycles. The summed E-state index contributed by atoms with van der Waals surface area (Å²) in [5.74, 6) is -0.875. The van der Waals surface area contributed by atoms with Gasteiger partial charge < -0.3 is 10.1 Å². The third-order valence-corrected chi connectivity index (χ3v) is 4.56. The minimum absolute atomic E-state index is 0.0155. The molecule has 5 nitrogen and oxygen atoms in total. The Morgan fingerprint density at radius 1 is 1.29 bits per heavy atom. The van der Waals surface area contributed by atoms with Gasteiger partial charge in [0.05, 0.1) is 5.69 Å². The largest absolute Gasteiger partial charge is 0.448 e. The van der Waals surface area contributed by atoms with E-state index in [-0.39, 0.29) is 11.9 Å². The maximum absolute atomic E-state index is 12.3. The number of hydrogen-bond donors (Lipinski definition) is 1. The first-order valence-electron chi connectivity index (χ1n) is 7.52. The fourth-order valence-corrected chi connectivity index (χ4v) is 3.14. The van der Waals surface area contributed by atoms with Crippen LogP contribution in [0.15, 0.2) is 24.3 Å². The summed E-state index contributed by atoms with van der Waals surface area (Å²) in [7, 11) is 0. The number of aromatic nitrogens is 1. The van der Waals surface area contributed by atoms with Crippen LogP contribution in [0.25, 0.3) is 10.6 Å². The van der Waals surface area contributed by atoms with Gasteiger partial charge in [-0.1, -0.05) is 23.7 Å². The summed E-state index contributed by atoms with van der Waals surface area (Å²) < 4.78 is 5.25. The van der Waals surface area contributed by atoms with Gasteiger partial charge in [-0.05, 0) is 39.8 Å². The van der Waals surface area contributed by atoms with Gasteiger partial charge in [0.25, 0.3) is 5.91 Å². The van der Waals surface area contributed by atoms with E-state index in [9.17, 15) is 9.59 Å². The molecule has 0 aliphatic heterocycles. The van der Waals surface area contributed by atoms with Crippen molar-refractivity contribution in [3.8, 4) is 10.6 Å². The van der Waals surface area contributed by atoms with E-state index < -0.39 is 12.1 Å². The van der Waals surface area contributed by atoms with Crippen molar-refractivity contribution >= 4 is 34.8 Å². The standard InChI is InChI=1S/C17H19ClN2O3S/c1-9(2)19-15(21)11(4)23-17(22)14-10(3)20-16(24-14)12-6-5-7-13(18)8-12/h5-9,11H,1-4H3,(H,19,21)/t11-/m1/s1. The normalized spacial score (nSPS) is 12.1. The summed E-state index contributed by atoms with van der Waals surface area (Å²) in [6.07, 6.45) is -0.865. The van der Waals surface area contributed by atoms with Gasteiger partial charge in [-0.2, -0.15) is 0 Å². The van der Waals surface area contributed by atoms with Crippen molar-refractivity contribution in [2.24, 2.45) is 0 Å². The summed E-state index contributed by atoms with van der Waals surface area (Å²) >= 11 is 7.21. The van der Waals surface area contributed by atoms with Gasteiger partial charge in [0.15, 0.2) is 6.10 Å². The Morgan fingerprint density at radius 3 is 2.62 bits per heavy atom. The van der Waals surface area contributed by atoms with Crippen LogP contribution in [0.2, 0.25) is 5.02 Å². The number of benzene rings is 1. The number of esters is 1. The van der Waals surface area contributed by atoms with Crippen molar-refractivity contribution in [1.82, 2.24) is 10.3 Å². The Labute approximate surface area is 150 Å². The third-order valence-electron chi connectivity index (χ3n) is 3.14. The van der Waals surface area contributed by atoms with Crippen LogP contribution in [0, 0.1) is 6.92 Å². The average Bonchev–Trinajstić information content (AvgIpc) is 2.88.